The van der Waals surface area contributed by atoms with E-state index in [4.69, 9.17) is 0 Å². The van der Waals surface area contributed by atoms with E-state index in [2.05, 4.69) is 36.8 Å². The second-order valence-corrected chi connectivity index (χ2v) is 7.57. The highest BCUT2D eigenvalue weighted by Crippen LogP contribution is 2.39. The van der Waals surface area contributed by atoms with Gasteiger partial charge in [0, 0.05) is 33.5 Å². The maximum absolute atomic E-state index is 13.8. The summed E-state index contributed by atoms with van der Waals surface area (Å²) in [6.07, 6.45) is 4.93. The molecule has 2 saturated heterocycles. The minimum absolute atomic E-state index is 0.0847. The minimum Gasteiger partial charge on any atom is -0.293 e. The lowest BCUT2D eigenvalue weighted by Crippen LogP contribution is -2.42. The SMILES string of the molecule is Fc1ccc(Br)cc1CN1C2CCC1CC(Br)C2. The van der Waals surface area contributed by atoms with Crippen LogP contribution < -0.4 is 0 Å². The molecule has 3 rings (SSSR count). The monoisotopic (exact) mass is 375 g/mol. The Morgan fingerprint density at radius 2 is 1.89 bits per heavy atom. The first kappa shape index (κ1) is 13.1. The Morgan fingerprint density at radius 3 is 2.56 bits per heavy atom. The van der Waals surface area contributed by atoms with Crippen LogP contribution in [0.15, 0.2) is 22.7 Å². The highest BCUT2D eigenvalue weighted by molar-refractivity contribution is 9.10. The Balaban J connectivity index is 1.79. The van der Waals surface area contributed by atoms with Gasteiger partial charge in [-0.3, -0.25) is 4.90 Å². The van der Waals surface area contributed by atoms with Crippen molar-refractivity contribution in [3.05, 3.63) is 34.1 Å². The number of fused-ring (bicyclic) bond motifs is 2. The number of benzene rings is 1. The number of hydrogen-bond donors (Lipinski definition) is 0. The van der Waals surface area contributed by atoms with Crippen LogP contribution in [0.25, 0.3) is 0 Å². The Hall–Kier alpha value is 0.0700. The average molecular weight is 377 g/mol. The van der Waals surface area contributed by atoms with Gasteiger partial charge in [0.05, 0.1) is 0 Å². The van der Waals surface area contributed by atoms with E-state index in [9.17, 15) is 4.39 Å². The average Bonchev–Trinajstić information content (AvgIpc) is 2.57. The van der Waals surface area contributed by atoms with Gasteiger partial charge in [-0.2, -0.15) is 0 Å². The van der Waals surface area contributed by atoms with E-state index in [1.807, 2.05) is 6.07 Å². The molecule has 2 unspecified atom stereocenters. The van der Waals surface area contributed by atoms with Crippen LogP contribution in [0.5, 0.6) is 0 Å². The lowest BCUT2D eigenvalue weighted by Gasteiger charge is -2.37. The summed E-state index contributed by atoms with van der Waals surface area (Å²) in [7, 11) is 0. The zero-order valence-corrected chi connectivity index (χ0v) is 13.3. The van der Waals surface area contributed by atoms with Gasteiger partial charge >= 0.3 is 0 Å². The molecule has 2 aliphatic heterocycles. The van der Waals surface area contributed by atoms with Gasteiger partial charge in [0.25, 0.3) is 0 Å². The van der Waals surface area contributed by atoms with E-state index in [1.165, 1.54) is 25.7 Å². The summed E-state index contributed by atoms with van der Waals surface area (Å²) in [5, 5.41) is 0. The van der Waals surface area contributed by atoms with Gasteiger partial charge in [-0.05, 0) is 43.9 Å². The quantitative estimate of drug-likeness (QED) is 0.688. The van der Waals surface area contributed by atoms with Crippen LogP contribution >= 0.6 is 31.9 Å². The van der Waals surface area contributed by atoms with Crippen molar-refractivity contribution in [1.82, 2.24) is 4.90 Å². The second-order valence-electron chi connectivity index (χ2n) is 5.36. The first-order chi connectivity index (χ1) is 8.63. The third kappa shape index (κ3) is 2.52. The molecule has 1 nitrogen and oxygen atoms in total. The summed E-state index contributed by atoms with van der Waals surface area (Å²) in [6, 6.07) is 6.49. The van der Waals surface area contributed by atoms with Crippen LogP contribution in [0.3, 0.4) is 0 Å². The number of rotatable bonds is 2. The number of hydrogen-bond acceptors (Lipinski definition) is 1. The highest BCUT2D eigenvalue weighted by atomic mass is 79.9. The molecule has 0 aliphatic carbocycles. The zero-order valence-electron chi connectivity index (χ0n) is 10.1. The molecule has 4 heteroatoms. The third-order valence-electron chi connectivity index (χ3n) is 4.19. The zero-order chi connectivity index (χ0) is 12.7. The van der Waals surface area contributed by atoms with Crippen LogP contribution in [0.2, 0.25) is 0 Å². The maximum Gasteiger partial charge on any atom is 0.127 e. The molecular formula is C14H16Br2FN. The van der Waals surface area contributed by atoms with Crippen LogP contribution in [-0.4, -0.2) is 21.8 Å². The first-order valence-electron chi connectivity index (χ1n) is 6.47. The summed E-state index contributed by atoms with van der Waals surface area (Å²) in [4.78, 5) is 3.15. The predicted molar refractivity (Wildman–Crippen MR) is 78.4 cm³/mol. The smallest absolute Gasteiger partial charge is 0.127 e. The van der Waals surface area contributed by atoms with Gasteiger partial charge in [0.15, 0.2) is 0 Å². The lowest BCUT2D eigenvalue weighted by molar-refractivity contribution is 0.135. The van der Waals surface area contributed by atoms with Crippen molar-refractivity contribution in [2.75, 3.05) is 0 Å². The Labute approximate surface area is 124 Å². The Bertz CT molecular complexity index is 437. The van der Waals surface area contributed by atoms with Crippen molar-refractivity contribution in [1.29, 1.82) is 0 Å². The molecule has 0 saturated carbocycles. The minimum atomic E-state index is -0.0847. The van der Waals surface area contributed by atoms with Gasteiger partial charge in [-0.25, -0.2) is 4.39 Å². The van der Waals surface area contributed by atoms with Crippen LogP contribution in [-0.2, 0) is 6.54 Å². The van der Waals surface area contributed by atoms with E-state index in [-0.39, 0.29) is 5.82 Å². The van der Waals surface area contributed by atoms with E-state index in [0.29, 0.717) is 16.9 Å². The van der Waals surface area contributed by atoms with E-state index >= 15 is 0 Å². The van der Waals surface area contributed by atoms with E-state index < -0.39 is 0 Å². The summed E-state index contributed by atoms with van der Waals surface area (Å²) in [5.74, 6) is -0.0847. The van der Waals surface area contributed by atoms with Crippen molar-refractivity contribution in [2.45, 2.75) is 49.1 Å². The van der Waals surface area contributed by atoms with Gasteiger partial charge in [-0.1, -0.05) is 31.9 Å². The molecule has 0 spiro atoms. The molecule has 0 N–H and O–H groups in total. The molecule has 2 fully saturated rings. The van der Waals surface area contributed by atoms with E-state index in [1.54, 1.807) is 12.1 Å². The molecule has 0 radical (unpaired) electrons. The number of alkyl halides is 1. The molecule has 98 valence electrons. The maximum atomic E-state index is 13.8. The second kappa shape index (κ2) is 5.22. The van der Waals surface area contributed by atoms with Gasteiger partial charge < -0.3 is 0 Å². The molecule has 2 aliphatic rings. The van der Waals surface area contributed by atoms with Gasteiger partial charge in [0.2, 0.25) is 0 Å². The Morgan fingerprint density at radius 1 is 1.22 bits per heavy atom. The fourth-order valence-electron chi connectivity index (χ4n) is 3.33. The van der Waals surface area contributed by atoms with Gasteiger partial charge in [0.1, 0.15) is 5.82 Å². The van der Waals surface area contributed by atoms with Gasteiger partial charge in [-0.15, -0.1) is 0 Å². The summed E-state index contributed by atoms with van der Waals surface area (Å²) >= 11 is 7.16. The molecule has 1 aromatic carbocycles. The third-order valence-corrected chi connectivity index (χ3v) is 5.43. The molecule has 2 atom stereocenters. The fraction of sp³-hybridized carbons (Fsp3) is 0.571. The lowest BCUT2D eigenvalue weighted by atomic mass is 10.0. The number of halogens is 3. The molecule has 2 bridgehead atoms. The fourth-order valence-corrected chi connectivity index (χ4v) is 4.60. The standard InChI is InChI=1S/C14H16Br2FN/c15-10-1-4-14(17)9(5-10)8-18-12-2-3-13(18)7-11(16)6-12/h1,4-5,11-13H,2-3,6-8H2. The molecule has 0 aromatic heterocycles. The van der Waals surface area contributed by atoms with Crippen molar-refractivity contribution in [3.63, 3.8) is 0 Å². The highest BCUT2D eigenvalue weighted by Gasteiger charge is 2.39. The van der Waals surface area contributed by atoms with Crippen molar-refractivity contribution >= 4 is 31.9 Å². The summed E-state index contributed by atoms with van der Waals surface area (Å²) < 4.78 is 14.8. The van der Waals surface area contributed by atoms with Crippen molar-refractivity contribution in [3.8, 4) is 0 Å². The molecule has 2 heterocycles. The van der Waals surface area contributed by atoms with Crippen molar-refractivity contribution < 1.29 is 4.39 Å². The summed E-state index contributed by atoms with van der Waals surface area (Å²) in [6.45, 7) is 0.750. The molecule has 0 amide bonds. The predicted octanol–water partition coefficient (Wildman–Crippen LogP) is 4.48. The molecule has 18 heavy (non-hydrogen) atoms. The van der Waals surface area contributed by atoms with Crippen LogP contribution in [0.4, 0.5) is 4.39 Å². The molecule has 1 aromatic rings. The largest absolute Gasteiger partial charge is 0.293 e. The number of nitrogens with zero attached hydrogens (tertiary/aromatic N) is 1. The number of piperidine rings is 1. The molecular weight excluding hydrogens is 361 g/mol. The first-order valence-corrected chi connectivity index (χ1v) is 8.18. The van der Waals surface area contributed by atoms with Crippen molar-refractivity contribution in [2.24, 2.45) is 0 Å². The Kier molecular flexibility index (Phi) is 3.79. The topological polar surface area (TPSA) is 3.24 Å². The summed E-state index contributed by atoms with van der Waals surface area (Å²) in [5.41, 5.74) is 0.814. The van der Waals surface area contributed by atoms with Crippen LogP contribution in [0.1, 0.15) is 31.2 Å². The van der Waals surface area contributed by atoms with E-state index in [0.717, 1.165) is 16.6 Å². The normalized spacial score (nSPS) is 31.8. The van der Waals surface area contributed by atoms with Crippen LogP contribution in [0, 0.1) is 5.82 Å².